The van der Waals surface area contributed by atoms with Crippen molar-refractivity contribution >= 4 is 110 Å². The van der Waals surface area contributed by atoms with Crippen molar-refractivity contribution in [2.24, 2.45) is 9.98 Å². The summed E-state index contributed by atoms with van der Waals surface area (Å²) < 4.78 is 24.2. The van der Waals surface area contributed by atoms with Gasteiger partial charge in [0.15, 0.2) is 0 Å². The number of hydrogen-bond acceptors (Lipinski definition) is 18. The lowest BCUT2D eigenvalue weighted by atomic mass is 10.0. The molecule has 4 heterocycles. The van der Waals surface area contributed by atoms with Crippen LogP contribution in [0.3, 0.4) is 0 Å². The molecule has 0 bridgehead atoms. The van der Waals surface area contributed by atoms with Crippen LogP contribution in [0.4, 0.5) is 10.0 Å². The zero-order valence-electron chi connectivity index (χ0n) is 32.2. The number of esters is 2. The minimum Gasteiger partial charge on any atom is -0.495 e. The van der Waals surface area contributed by atoms with Gasteiger partial charge in [0.1, 0.15) is 78.8 Å². The summed E-state index contributed by atoms with van der Waals surface area (Å²) in [5.41, 5.74) is 1.78. The van der Waals surface area contributed by atoms with Crippen LogP contribution in [0.5, 0.6) is 11.5 Å². The number of hydrogen-bond donors (Lipinski definition) is 0. The molecular formula is C44H24N8O6S4. The van der Waals surface area contributed by atoms with Gasteiger partial charge in [0.05, 0.1) is 45.8 Å². The molecule has 0 spiro atoms. The van der Waals surface area contributed by atoms with E-state index in [2.05, 4.69) is 9.98 Å². The van der Waals surface area contributed by atoms with Gasteiger partial charge in [-0.15, -0.1) is 45.3 Å². The SMILES string of the molecule is COc1cc(N=C(C#N)C#N)sc1-c1nc2c(C(=O)OCc3ccccc3)cc3c(cc(C(=O)OCc4ccccc4)c4nc(-c5sc(N=C(C#N)C#N)cc5OC)sc43)c2s1. The Morgan fingerprint density at radius 2 is 0.968 bits per heavy atom. The third kappa shape index (κ3) is 8.06. The number of nitrogens with zero attached hydrogens (tertiary/aromatic N) is 8. The normalized spacial score (nSPS) is 10.6. The van der Waals surface area contributed by atoms with E-state index in [0.717, 1.165) is 33.8 Å². The summed E-state index contributed by atoms with van der Waals surface area (Å²) >= 11 is 4.77. The molecule has 0 aliphatic heterocycles. The number of carbonyl (C=O) groups excluding carboxylic acids is 2. The van der Waals surface area contributed by atoms with Crippen LogP contribution < -0.4 is 9.47 Å². The smallest absolute Gasteiger partial charge is 0.340 e. The highest BCUT2D eigenvalue weighted by atomic mass is 32.1. The summed E-state index contributed by atoms with van der Waals surface area (Å²) in [4.78, 5) is 47.7. The Bertz CT molecular complexity index is 3070. The number of fused-ring (bicyclic) bond motifs is 5. The van der Waals surface area contributed by atoms with E-state index in [9.17, 15) is 30.6 Å². The summed E-state index contributed by atoms with van der Waals surface area (Å²) in [5.74, 6) is -0.534. The quantitative estimate of drug-likeness (QED) is 0.0827. The molecular weight excluding hydrogens is 865 g/mol. The minimum atomic E-state index is -0.647. The fourth-order valence-electron chi connectivity index (χ4n) is 6.24. The molecule has 62 heavy (non-hydrogen) atoms. The molecule has 0 radical (unpaired) electrons. The molecule has 0 aliphatic rings. The van der Waals surface area contributed by atoms with E-state index in [1.54, 1.807) is 48.5 Å². The summed E-state index contributed by atoms with van der Waals surface area (Å²) in [5, 5.41) is 40.1. The Morgan fingerprint density at radius 1 is 0.581 bits per heavy atom. The lowest BCUT2D eigenvalue weighted by Gasteiger charge is -2.10. The Morgan fingerprint density at radius 3 is 1.32 bits per heavy atom. The number of aliphatic imine (C=N–C) groups is 2. The van der Waals surface area contributed by atoms with E-state index in [1.807, 2.05) is 60.7 Å². The van der Waals surface area contributed by atoms with Crippen molar-refractivity contribution in [1.82, 2.24) is 9.97 Å². The molecule has 0 saturated heterocycles. The third-order valence-electron chi connectivity index (χ3n) is 9.05. The van der Waals surface area contributed by atoms with Crippen LogP contribution >= 0.6 is 45.3 Å². The van der Waals surface area contributed by atoms with Crippen molar-refractivity contribution in [3.05, 3.63) is 107 Å². The Labute approximate surface area is 367 Å². The molecule has 4 aromatic carbocycles. The summed E-state index contributed by atoms with van der Waals surface area (Å²) in [6.07, 6.45) is 0. The van der Waals surface area contributed by atoms with E-state index in [0.29, 0.717) is 72.5 Å². The van der Waals surface area contributed by atoms with Gasteiger partial charge in [-0.25, -0.2) is 29.5 Å². The number of rotatable bonds is 12. The fourth-order valence-corrected chi connectivity index (χ4v) is 10.6. The molecule has 0 N–H and O–H groups in total. The largest absolute Gasteiger partial charge is 0.495 e. The maximum absolute atomic E-state index is 14.2. The van der Waals surface area contributed by atoms with Gasteiger partial charge in [-0.1, -0.05) is 60.7 Å². The van der Waals surface area contributed by atoms with Crippen LogP contribution in [0, 0.1) is 45.3 Å². The van der Waals surface area contributed by atoms with E-state index >= 15 is 0 Å². The summed E-state index contributed by atoms with van der Waals surface area (Å²) in [7, 11) is 2.94. The molecule has 0 fully saturated rings. The second-order valence-electron chi connectivity index (χ2n) is 12.8. The zero-order chi connectivity index (χ0) is 43.3. The summed E-state index contributed by atoms with van der Waals surface area (Å²) in [6.45, 7) is -0.0178. The maximum Gasteiger partial charge on any atom is 0.340 e. The number of benzene rings is 4. The van der Waals surface area contributed by atoms with Crippen LogP contribution in [-0.2, 0) is 22.7 Å². The zero-order valence-corrected chi connectivity index (χ0v) is 35.4. The third-order valence-corrected chi connectivity index (χ3v) is 13.6. The highest BCUT2D eigenvalue weighted by Crippen LogP contribution is 2.50. The molecule has 300 valence electrons. The molecule has 8 rings (SSSR count). The number of aromatic nitrogens is 2. The van der Waals surface area contributed by atoms with Crippen molar-refractivity contribution in [2.45, 2.75) is 13.2 Å². The average Bonchev–Trinajstić information content (AvgIpc) is 4.13. The predicted octanol–water partition coefficient (Wildman–Crippen LogP) is 10.5. The molecule has 18 heteroatoms. The second kappa shape index (κ2) is 17.8. The number of methoxy groups -OCH3 is 2. The Kier molecular flexibility index (Phi) is 11.7. The minimum absolute atomic E-state index is 0.00889. The van der Waals surface area contributed by atoms with Gasteiger partial charge in [-0.05, 0) is 23.3 Å². The fraction of sp³-hybridized carbons (Fsp3) is 0.0909. The highest BCUT2D eigenvalue weighted by Gasteiger charge is 2.28. The monoisotopic (exact) mass is 888 g/mol. The van der Waals surface area contributed by atoms with E-state index < -0.39 is 11.9 Å². The first-order chi connectivity index (χ1) is 30.2. The van der Waals surface area contributed by atoms with Gasteiger partial charge < -0.3 is 18.9 Å². The van der Waals surface area contributed by atoms with Gasteiger partial charge >= 0.3 is 11.9 Å². The highest BCUT2D eigenvalue weighted by molar-refractivity contribution is 7.28. The van der Waals surface area contributed by atoms with Crippen LogP contribution in [-0.4, -0.2) is 47.5 Å². The molecule has 0 aliphatic carbocycles. The number of ether oxygens (including phenoxy) is 4. The Balaban J connectivity index is 1.37. The van der Waals surface area contributed by atoms with Crippen LogP contribution in [0.15, 0.2) is 94.9 Å². The molecule has 0 atom stereocenters. The van der Waals surface area contributed by atoms with Gasteiger partial charge in [-0.2, -0.15) is 21.0 Å². The van der Waals surface area contributed by atoms with Crippen molar-refractivity contribution < 1.29 is 28.5 Å². The maximum atomic E-state index is 14.2. The Hall–Kier alpha value is -7.84. The van der Waals surface area contributed by atoms with E-state index in [1.165, 1.54) is 36.9 Å². The molecule has 8 aromatic rings. The molecule has 4 aromatic heterocycles. The molecule has 0 amide bonds. The topological polar surface area (TPSA) is 217 Å². The van der Waals surface area contributed by atoms with E-state index in [4.69, 9.17) is 28.9 Å². The van der Waals surface area contributed by atoms with Crippen LogP contribution in [0.2, 0.25) is 0 Å². The lowest BCUT2D eigenvalue weighted by molar-refractivity contribution is 0.0466. The van der Waals surface area contributed by atoms with Crippen molar-refractivity contribution in [1.29, 1.82) is 21.0 Å². The van der Waals surface area contributed by atoms with Gasteiger partial charge in [0, 0.05) is 22.9 Å². The van der Waals surface area contributed by atoms with Crippen molar-refractivity contribution in [3.63, 3.8) is 0 Å². The van der Waals surface area contributed by atoms with Crippen LogP contribution in [0.1, 0.15) is 31.8 Å². The van der Waals surface area contributed by atoms with Crippen molar-refractivity contribution in [2.75, 3.05) is 14.2 Å². The first-order valence-corrected chi connectivity index (χ1v) is 21.3. The first kappa shape index (κ1) is 40.9. The molecule has 0 unspecified atom stereocenters. The van der Waals surface area contributed by atoms with Crippen LogP contribution in [0.25, 0.3) is 51.0 Å². The molecule has 14 nitrogen and oxygen atoms in total. The number of thiophene rings is 2. The van der Waals surface area contributed by atoms with Gasteiger partial charge in [0.25, 0.3) is 0 Å². The lowest BCUT2D eigenvalue weighted by Crippen LogP contribution is -2.08. The average molecular weight is 889 g/mol. The second-order valence-corrected chi connectivity index (χ2v) is 16.9. The van der Waals surface area contributed by atoms with Crippen molar-refractivity contribution in [3.8, 4) is 55.5 Å². The predicted molar refractivity (Wildman–Crippen MR) is 238 cm³/mol. The molecule has 0 saturated carbocycles. The first-order valence-electron chi connectivity index (χ1n) is 18.0. The standard InChI is InChI=1S/C44H24N8O6S4/c1-55-31-15-33(49-25(17-45)18-46)59-39(31)41-51-35-29(43(53)57-21-23-9-5-3-6-10-23)14-28-27(37(35)61-41)13-30(44(54)58-22-24-11-7-4-8-12-24)36-38(28)62-42(52-36)40-32(56-2)16-34(60-40)50-26(19-47)20-48/h3-16H,21-22H2,1-2H3. The number of thiazole rings is 2. The number of nitriles is 4. The van der Waals surface area contributed by atoms with Gasteiger partial charge in [-0.3, -0.25) is 0 Å². The summed E-state index contributed by atoms with van der Waals surface area (Å²) in [6, 6.07) is 32.1. The van der Waals surface area contributed by atoms with Gasteiger partial charge in [0.2, 0.25) is 11.4 Å². The van der Waals surface area contributed by atoms with E-state index in [-0.39, 0.29) is 35.8 Å². The number of carbonyl (C=O) groups is 2.